The normalized spacial score (nSPS) is 25.0. The molecular formula is C21H25FN2O2. The molecule has 0 aromatic heterocycles. The molecule has 2 aliphatic carbocycles. The first-order valence-electron chi connectivity index (χ1n) is 9.58. The Balaban J connectivity index is 1.41. The molecule has 1 saturated carbocycles. The molecule has 1 unspecified atom stereocenters. The van der Waals surface area contributed by atoms with E-state index < -0.39 is 0 Å². The van der Waals surface area contributed by atoms with Gasteiger partial charge >= 0.3 is 0 Å². The predicted octanol–water partition coefficient (Wildman–Crippen LogP) is 3.18. The molecule has 4 nitrogen and oxygen atoms in total. The molecule has 1 aliphatic heterocycles. The van der Waals surface area contributed by atoms with Crippen LogP contribution in [-0.4, -0.2) is 29.8 Å². The summed E-state index contributed by atoms with van der Waals surface area (Å²) in [5.74, 6) is 0.354. The molecule has 0 spiro atoms. The van der Waals surface area contributed by atoms with Crippen LogP contribution in [0.15, 0.2) is 36.0 Å². The van der Waals surface area contributed by atoms with Crippen molar-refractivity contribution in [1.29, 1.82) is 0 Å². The maximum absolute atomic E-state index is 13.7. The van der Waals surface area contributed by atoms with Gasteiger partial charge in [-0.15, -0.1) is 0 Å². The minimum Gasteiger partial charge on any atom is -0.355 e. The number of hydrogen-bond acceptors (Lipinski definition) is 2. The van der Waals surface area contributed by atoms with Gasteiger partial charge in [0.25, 0.3) is 0 Å². The summed E-state index contributed by atoms with van der Waals surface area (Å²) in [7, 11) is 0. The lowest BCUT2D eigenvalue weighted by molar-refractivity contribution is -0.133. The van der Waals surface area contributed by atoms with Crippen molar-refractivity contribution in [2.75, 3.05) is 13.1 Å². The van der Waals surface area contributed by atoms with Crippen LogP contribution >= 0.6 is 0 Å². The Morgan fingerprint density at radius 1 is 1.27 bits per heavy atom. The van der Waals surface area contributed by atoms with E-state index in [4.69, 9.17) is 0 Å². The number of allylic oxidation sites excluding steroid dienone is 1. The number of hydrogen-bond donors (Lipinski definition) is 1. The molecule has 0 radical (unpaired) electrons. The Morgan fingerprint density at radius 2 is 2.08 bits per heavy atom. The maximum atomic E-state index is 13.7. The van der Waals surface area contributed by atoms with Gasteiger partial charge in [0, 0.05) is 30.6 Å². The third-order valence-electron chi connectivity index (χ3n) is 5.98. The van der Waals surface area contributed by atoms with E-state index in [1.54, 1.807) is 18.2 Å². The fraction of sp³-hybridized carbons (Fsp3) is 0.524. The molecule has 4 rings (SSSR count). The van der Waals surface area contributed by atoms with E-state index in [9.17, 15) is 14.0 Å². The fourth-order valence-corrected chi connectivity index (χ4v) is 4.27. The highest BCUT2D eigenvalue weighted by atomic mass is 19.1. The van der Waals surface area contributed by atoms with Crippen molar-refractivity contribution in [2.24, 2.45) is 11.3 Å². The molecule has 2 amide bonds. The number of rotatable bonds is 6. The highest BCUT2D eigenvalue weighted by Gasteiger charge is 2.46. The van der Waals surface area contributed by atoms with Crippen molar-refractivity contribution in [3.05, 3.63) is 47.4 Å². The highest BCUT2D eigenvalue weighted by molar-refractivity contribution is 5.81. The van der Waals surface area contributed by atoms with Gasteiger partial charge in [-0.3, -0.25) is 9.59 Å². The van der Waals surface area contributed by atoms with Gasteiger partial charge in [0.1, 0.15) is 5.82 Å². The molecular weight excluding hydrogens is 331 g/mol. The second-order valence-electron chi connectivity index (χ2n) is 7.90. The average molecular weight is 356 g/mol. The van der Waals surface area contributed by atoms with E-state index in [2.05, 4.69) is 11.4 Å². The van der Waals surface area contributed by atoms with E-state index in [0.717, 1.165) is 31.5 Å². The zero-order chi connectivity index (χ0) is 18.1. The molecule has 1 N–H and O–H groups in total. The van der Waals surface area contributed by atoms with Crippen molar-refractivity contribution in [3.8, 4) is 0 Å². The largest absolute Gasteiger partial charge is 0.355 e. The van der Waals surface area contributed by atoms with Crippen LogP contribution in [-0.2, 0) is 16.0 Å². The number of piperidine rings is 1. The van der Waals surface area contributed by atoms with Crippen molar-refractivity contribution in [3.63, 3.8) is 0 Å². The standard InChI is InChI=1S/C21H25FN2O2/c22-17-5-2-1-4-16(17)12-19(25)23-14-21-10-3-6-18(21)24(13-15-7-8-15)20(26)9-11-21/h1-2,4-6,15H,3,7-14H2,(H,23,25). The van der Waals surface area contributed by atoms with Crippen LogP contribution in [0.5, 0.6) is 0 Å². The zero-order valence-corrected chi connectivity index (χ0v) is 15.0. The molecule has 2 fully saturated rings. The van der Waals surface area contributed by atoms with E-state index in [1.807, 2.05) is 4.90 Å². The van der Waals surface area contributed by atoms with Gasteiger partial charge in [-0.1, -0.05) is 24.3 Å². The second-order valence-corrected chi connectivity index (χ2v) is 7.90. The summed E-state index contributed by atoms with van der Waals surface area (Å²) in [6.45, 7) is 1.36. The molecule has 5 heteroatoms. The third kappa shape index (κ3) is 3.39. The Bertz CT molecular complexity index is 756. The number of fused-ring (bicyclic) bond motifs is 1. The van der Waals surface area contributed by atoms with E-state index >= 15 is 0 Å². The minimum absolute atomic E-state index is 0.0481. The monoisotopic (exact) mass is 356 g/mol. The summed E-state index contributed by atoms with van der Waals surface area (Å²) in [6.07, 6.45) is 7.91. The summed E-state index contributed by atoms with van der Waals surface area (Å²) in [4.78, 5) is 26.7. The number of likely N-dealkylation sites (tertiary alicyclic amines) is 1. The Hall–Kier alpha value is -2.17. The van der Waals surface area contributed by atoms with Crippen molar-refractivity contribution in [1.82, 2.24) is 10.2 Å². The molecule has 1 aromatic carbocycles. The number of nitrogens with zero attached hydrogens (tertiary/aromatic N) is 1. The highest BCUT2D eigenvalue weighted by Crippen LogP contribution is 2.48. The van der Waals surface area contributed by atoms with Crippen LogP contribution < -0.4 is 5.32 Å². The van der Waals surface area contributed by atoms with Gasteiger partial charge < -0.3 is 10.2 Å². The van der Waals surface area contributed by atoms with E-state index in [1.165, 1.54) is 18.9 Å². The van der Waals surface area contributed by atoms with Crippen molar-refractivity contribution in [2.45, 2.75) is 44.9 Å². The van der Waals surface area contributed by atoms with E-state index in [0.29, 0.717) is 24.4 Å². The Labute approximate surface area is 153 Å². The van der Waals surface area contributed by atoms with Gasteiger partial charge in [-0.2, -0.15) is 0 Å². The average Bonchev–Trinajstić information content (AvgIpc) is 3.35. The smallest absolute Gasteiger partial charge is 0.226 e. The Morgan fingerprint density at radius 3 is 2.85 bits per heavy atom. The second kappa shape index (κ2) is 6.86. The predicted molar refractivity (Wildman–Crippen MR) is 96.5 cm³/mol. The minimum atomic E-state index is -0.346. The van der Waals surface area contributed by atoms with Crippen LogP contribution in [0, 0.1) is 17.2 Å². The van der Waals surface area contributed by atoms with Crippen LogP contribution in [0.25, 0.3) is 0 Å². The van der Waals surface area contributed by atoms with Crippen LogP contribution in [0.1, 0.15) is 44.1 Å². The van der Waals surface area contributed by atoms with E-state index in [-0.39, 0.29) is 29.5 Å². The third-order valence-corrected chi connectivity index (χ3v) is 5.98. The topological polar surface area (TPSA) is 49.4 Å². The van der Waals surface area contributed by atoms with Crippen molar-refractivity contribution < 1.29 is 14.0 Å². The number of carbonyl (C=O) groups is 2. The first-order valence-corrected chi connectivity index (χ1v) is 9.58. The number of amides is 2. The summed E-state index contributed by atoms with van der Waals surface area (Å²) in [5.41, 5.74) is 1.40. The molecule has 26 heavy (non-hydrogen) atoms. The molecule has 3 aliphatic rings. The summed E-state index contributed by atoms with van der Waals surface area (Å²) in [5, 5.41) is 3.01. The summed E-state index contributed by atoms with van der Waals surface area (Å²) >= 11 is 0. The molecule has 0 bridgehead atoms. The van der Waals surface area contributed by atoms with Crippen molar-refractivity contribution >= 4 is 11.8 Å². The molecule has 1 saturated heterocycles. The van der Waals surface area contributed by atoms with Crippen LogP contribution in [0.2, 0.25) is 0 Å². The lowest BCUT2D eigenvalue weighted by Crippen LogP contribution is -2.48. The lowest BCUT2D eigenvalue weighted by Gasteiger charge is -2.42. The first-order chi connectivity index (χ1) is 12.6. The summed E-state index contributed by atoms with van der Waals surface area (Å²) < 4.78 is 13.7. The van der Waals surface area contributed by atoms with Gasteiger partial charge in [0.05, 0.1) is 6.42 Å². The first kappa shape index (κ1) is 17.3. The fourth-order valence-electron chi connectivity index (χ4n) is 4.27. The maximum Gasteiger partial charge on any atom is 0.226 e. The number of halogens is 1. The Kier molecular flexibility index (Phi) is 4.55. The quantitative estimate of drug-likeness (QED) is 0.851. The summed E-state index contributed by atoms with van der Waals surface area (Å²) in [6, 6.07) is 6.38. The number of benzene rings is 1. The van der Waals surface area contributed by atoms with Gasteiger partial charge in [0.2, 0.25) is 11.8 Å². The SMILES string of the molecule is O=C(Cc1ccccc1F)NCC12CCC=C1N(CC1CC1)C(=O)CC2. The zero-order valence-electron chi connectivity index (χ0n) is 15.0. The molecule has 138 valence electrons. The molecule has 1 atom stereocenters. The van der Waals surface area contributed by atoms with Crippen LogP contribution in [0.4, 0.5) is 4.39 Å². The number of nitrogens with one attached hydrogen (secondary N) is 1. The molecule has 1 heterocycles. The number of carbonyl (C=O) groups excluding carboxylic acids is 2. The van der Waals surface area contributed by atoms with Crippen LogP contribution in [0.3, 0.4) is 0 Å². The van der Waals surface area contributed by atoms with Gasteiger partial charge in [-0.25, -0.2) is 4.39 Å². The van der Waals surface area contributed by atoms with Gasteiger partial charge in [0.15, 0.2) is 0 Å². The lowest BCUT2D eigenvalue weighted by atomic mass is 9.76. The molecule has 1 aromatic rings. The van der Waals surface area contributed by atoms with Gasteiger partial charge in [-0.05, 0) is 49.7 Å².